The van der Waals surface area contributed by atoms with Crippen molar-refractivity contribution < 1.29 is 44.2 Å². The molecule has 2 saturated heterocycles. The van der Waals surface area contributed by atoms with Crippen molar-refractivity contribution in [1.29, 1.82) is 0 Å². The first kappa shape index (κ1) is 27.7. The summed E-state index contributed by atoms with van der Waals surface area (Å²) in [6.45, 7) is 2.40. The molecule has 0 saturated carbocycles. The van der Waals surface area contributed by atoms with Crippen molar-refractivity contribution in [1.82, 2.24) is 10.6 Å². The summed E-state index contributed by atoms with van der Waals surface area (Å²) in [6, 6.07) is 4.85. The number of nitrogens with one attached hydrogen (secondary N) is 2. The number of ether oxygens (including phenoxy) is 3. The summed E-state index contributed by atoms with van der Waals surface area (Å²) in [7, 11) is 1.46. The zero-order chi connectivity index (χ0) is 25.5. The molecule has 0 unspecified atom stereocenters. The topological polar surface area (TPSA) is 167 Å². The first-order valence-electron chi connectivity index (χ1n) is 11.6. The first-order chi connectivity index (χ1) is 16.7. The average Bonchev–Trinajstić information content (AvgIpc) is 3.40. The summed E-state index contributed by atoms with van der Waals surface area (Å²) < 4.78 is 16.5. The number of methoxy groups -OCH3 is 1. The Bertz CT molecular complexity index is 854. The molecule has 0 radical (unpaired) electrons. The number of amides is 1. The van der Waals surface area contributed by atoms with Crippen LogP contribution in [0.3, 0.4) is 0 Å². The van der Waals surface area contributed by atoms with E-state index in [2.05, 4.69) is 10.6 Å². The Balaban J connectivity index is 1.60. The average molecular weight is 515 g/mol. The number of phenolic OH excluding ortho intramolecular Hbond substituents is 1. The molecule has 8 atom stereocenters. The van der Waals surface area contributed by atoms with E-state index in [1.54, 1.807) is 19.1 Å². The van der Waals surface area contributed by atoms with Crippen molar-refractivity contribution in [2.24, 2.45) is 0 Å². The number of hydrogen-bond acceptors (Lipinski definition) is 11. The van der Waals surface area contributed by atoms with Crippen LogP contribution < -0.4 is 10.6 Å². The van der Waals surface area contributed by atoms with E-state index in [4.69, 9.17) is 14.2 Å². The predicted octanol–water partition coefficient (Wildman–Crippen LogP) is -0.638. The third kappa shape index (κ3) is 6.85. The molecule has 0 spiro atoms. The lowest BCUT2D eigenvalue weighted by Crippen LogP contribution is -2.66. The molecule has 0 bridgehead atoms. The molecule has 1 aromatic carbocycles. The number of carbonyl (C=O) groups excluding carboxylic acids is 2. The second-order valence-electron chi connectivity index (χ2n) is 8.59. The van der Waals surface area contributed by atoms with E-state index in [1.807, 2.05) is 0 Å². The lowest BCUT2D eigenvalue weighted by molar-refractivity contribution is -0.212. The van der Waals surface area contributed by atoms with Crippen LogP contribution >= 0.6 is 11.8 Å². The van der Waals surface area contributed by atoms with E-state index in [0.717, 1.165) is 24.7 Å². The van der Waals surface area contributed by atoms with Gasteiger partial charge in [-0.3, -0.25) is 4.79 Å². The van der Waals surface area contributed by atoms with Gasteiger partial charge in [-0.2, -0.15) is 0 Å². The summed E-state index contributed by atoms with van der Waals surface area (Å²) >= 11 is 1.09. The number of benzene rings is 1. The van der Waals surface area contributed by atoms with Gasteiger partial charge in [0.1, 0.15) is 47.8 Å². The zero-order valence-corrected chi connectivity index (χ0v) is 20.5. The molecule has 35 heavy (non-hydrogen) atoms. The van der Waals surface area contributed by atoms with Crippen LogP contribution in [0.15, 0.2) is 24.3 Å². The van der Waals surface area contributed by atoms with Gasteiger partial charge < -0.3 is 45.3 Å². The van der Waals surface area contributed by atoms with Crippen molar-refractivity contribution in [3.63, 3.8) is 0 Å². The standard InChI is InChI=1S/C23H34N2O9S/c1-12(32-2)16(25-21(30)14-7-5-9-24-14)20-18(28)17(27)19(29)23(34-20)35-11-10-33-22(31)13-6-3-4-8-15(13)26/h3-4,6,8,12,14,16-20,23-24,26-29H,5,7,9-11H2,1-2H3,(H,25,30)/t12-,14+,16+,17+,18-,19-,20-,23-/m1/s1. The van der Waals surface area contributed by atoms with Gasteiger partial charge >= 0.3 is 5.97 Å². The van der Waals surface area contributed by atoms with E-state index in [1.165, 1.54) is 19.2 Å². The number of aromatic hydroxyl groups is 1. The number of aliphatic hydroxyl groups excluding tert-OH is 3. The molecule has 2 heterocycles. The van der Waals surface area contributed by atoms with Gasteiger partial charge in [0.15, 0.2) is 0 Å². The highest BCUT2D eigenvalue weighted by Gasteiger charge is 2.48. The maximum Gasteiger partial charge on any atom is 0.341 e. The highest BCUT2D eigenvalue weighted by molar-refractivity contribution is 7.99. The number of aliphatic hydroxyl groups is 3. The molecule has 6 N–H and O–H groups in total. The van der Waals surface area contributed by atoms with Gasteiger partial charge in [0.2, 0.25) is 5.91 Å². The number of rotatable bonds is 10. The molecule has 0 aromatic heterocycles. The SMILES string of the molecule is CO[C@H](C)[C@H](NC(=O)[C@@H]1CCCN1)[C@H]1O[C@H](SCCOC(=O)c2ccccc2O)[C@H](O)[C@@H](O)[C@H]1O. The lowest BCUT2D eigenvalue weighted by atomic mass is 9.92. The van der Waals surface area contributed by atoms with Crippen molar-refractivity contribution in [2.75, 3.05) is 26.0 Å². The second-order valence-corrected chi connectivity index (χ2v) is 9.80. The van der Waals surface area contributed by atoms with Crippen molar-refractivity contribution in [2.45, 2.75) is 67.8 Å². The fraction of sp³-hybridized carbons (Fsp3) is 0.652. The smallest absolute Gasteiger partial charge is 0.341 e. The Morgan fingerprint density at radius 1 is 1.23 bits per heavy atom. The predicted molar refractivity (Wildman–Crippen MR) is 127 cm³/mol. The van der Waals surface area contributed by atoms with Gasteiger partial charge in [-0.15, -0.1) is 11.8 Å². The molecule has 3 rings (SSSR count). The molecule has 1 aromatic rings. The van der Waals surface area contributed by atoms with Gasteiger partial charge in [-0.1, -0.05) is 12.1 Å². The summed E-state index contributed by atoms with van der Waals surface area (Å²) in [5.41, 5.74) is -0.927. The van der Waals surface area contributed by atoms with Crippen molar-refractivity contribution in [3.8, 4) is 5.75 Å². The maximum atomic E-state index is 12.7. The Morgan fingerprint density at radius 3 is 2.63 bits per heavy atom. The molecule has 2 aliphatic heterocycles. The van der Waals surface area contributed by atoms with Crippen LogP contribution in [0.4, 0.5) is 0 Å². The third-order valence-corrected chi connectivity index (χ3v) is 7.37. The molecule has 0 aliphatic carbocycles. The first-order valence-corrected chi connectivity index (χ1v) is 12.6. The Kier molecular flexibility index (Phi) is 10.2. The van der Waals surface area contributed by atoms with E-state index in [9.17, 15) is 30.0 Å². The van der Waals surface area contributed by atoms with Crippen molar-refractivity contribution >= 4 is 23.6 Å². The van der Waals surface area contributed by atoms with Crippen LogP contribution in [0.5, 0.6) is 5.75 Å². The van der Waals surface area contributed by atoms with E-state index in [-0.39, 0.29) is 35.6 Å². The minimum absolute atomic E-state index is 0.0361. The molecule has 1 amide bonds. The highest BCUT2D eigenvalue weighted by Crippen LogP contribution is 2.31. The van der Waals surface area contributed by atoms with E-state index < -0.39 is 48.0 Å². The molecular weight excluding hydrogens is 480 g/mol. The van der Waals surface area contributed by atoms with Gasteiger partial charge in [0.25, 0.3) is 0 Å². The fourth-order valence-corrected chi connectivity index (χ4v) is 5.09. The number of carbonyl (C=O) groups is 2. The minimum Gasteiger partial charge on any atom is -0.507 e. The second kappa shape index (κ2) is 12.9. The highest BCUT2D eigenvalue weighted by atomic mass is 32.2. The van der Waals surface area contributed by atoms with Gasteiger partial charge in [0, 0.05) is 12.9 Å². The fourth-order valence-electron chi connectivity index (χ4n) is 4.12. The third-order valence-electron chi connectivity index (χ3n) is 6.25. The summed E-state index contributed by atoms with van der Waals surface area (Å²) in [5.74, 6) is -0.934. The lowest BCUT2D eigenvalue weighted by Gasteiger charge is -2.44. The summed E-state index contributed by atoms with van der Waals surface area (Å²) in [5, 5.41) is 47.3. The van der Waals surface area contributed by atoms with Crippen LogP contribution in [0.2, 0.25) is 0 Å². The van der Waals surface area contributed by atoms with Crippen molar-refractivity contribution in [3.05, 3.63) is 29.8 Å². The summed E-state index contributed by atoms with van der Waals surface area (Å²) in [6.07, 6.45) is -4.46. The Hall–Kier alpha value is -1.93. The number of hydrogen-bond donors (Lipinski definition) is 6. The maximum absolute atomic E-state index is 12.7. The van der Waals surface area contributed by atoms with E-state index >= 15 is 0 Å². The Labute approximate surface area is 208 Å². The zero-order valence-electron chi connectivity index (χ0n) is 19.7. The molecule has 11 nitrogen and oxygen atoms in total. The van der Waals surface area contributed by atoms with Crippen LogP contribution in [-0.2, 0) is 19.0 Å². The van der Waals surface area contributed by atoms with Crippen LogP contribution in [-0.4, -0.2) is 106 Å². The van der Waals surface area contributed by atoms with E-state index in [0.29, 0.717) is 6.42 Å². The molecule has 2 fully saturated rings. The monoisotopic (exact) mass is 514 g/mol. The quantitative estimate of drug-likeness (QED) is 0.174. The Morgan fingerprint density at radius 2 is 1.97 bits per heavy atom. The number of esters is 1. The molecule has 196 valence electrons. The van der Waals surface area contributed by atoms with Crippen LogP contribution in [0.1, 0.15) is 30.1 Å². The molecular formula is C23H34N2O9S. The van der Waals surface area contributed by atoms with Crippen LogP contribution in [0, 0.1) is 0 Å². The van der Waals surface area contributed by atoms with Gasteiger partial charge in [-0.05, 0) is 38.4 Å². The van der Waals surface area contributed by atoms with Gasteiger partial charge in [0.05, 0.1) is 18.2 Å². The minimum atomic E-state index is -1.52. The number of thioether (sulfide) groups is 1. The van der Waals surface area contributed by atoms with Crippen LogP contribution in [0.25, 0.3) is 0 Å². The largest absolute Gasteiger partial charge is 0.507 e. The van der Waals surface area contributed by atoms with Gasteiger partial charge in [-0.25, -0.2) is 4.79 Å². The number of para-hydroxylation sites is 1. The molecule has 12 heteroatoms. The normalized spacial score (nSPS) is 30.4. The molecule has 2 aliphatic rings. The number of phenols is 1. The summed E-state index contributed by atoms with van der Waals surface area (Å²) in [4.78, 5) is 24.9.